The van der Waals surface area contributed by atoms with Gasteiger partial charge in [-0.05, 0) is 37.1 Å². The molecular formula is C22H19N3O6S. The van der Waals surface area contributed by atoms with Gasteiger partial charge in [-0.3, -0.25) is 19.7 Å². The zero-order valence-electron chi connectivity index (χ0n) is 17.4. The van der Waals surface area contributed by atoms with Gasteiger partial charge in [0.25, 0.3) is 17.5 Å². The lowest BCUT2D eigenvalue weighted by Gasteiger charge is -2.08. The molecule has 0 aliphatic rings. The molecule has 3 rings (SSSR count). The fourth-order valence-corrected chi connectivity index (χ4v) is 4.13. The predicted molar refractivity (Wildman–Crippen MR) is 121 cm³/mol. The maximum atomic E-state index is 12.9. The Bertz CT molecular complexity index is 1230. The fourth-order valence-electron chi connectivity index (χ4n) is 3.05. The average molecular weight is 453 g/mol. The molecule has 0 saturated heterocycles. The summed E-state index contributed by atoms with van der Waals surface area (Å²) in [4.78, 5) is 48.6. The van der Waals surface area contributed by atoms with E-state index in [4.69, 9.17) is 4.74 Å². The second-order valence-electron chi connectivity index (χ2n) is 6.78. The van der Waals surface area contributed by atoms with Gasteiger partial charge in [0.15, 0.2) is 0 Å². The molecule has 164 valence electrons. The number of hydrogen-bond donors (Lipinski definition) is 2. The number of ether oxygens (including phenoxy) is 1. The predicted octanol–water partition coefficient (Wildman–Crippen LogP) is 4.56. The molecular weight excluding hydrogens is 434 g/mol. The minimum absolute atomic E-state index is 0.0728. The van der Waals surface area contributed by atoms with Crippen molar-refractivity contribution < 1.29 is 24.0 Å². The van der Waals surface area contributed by atoms with Crippen LogP contribution in [0.3, 0.4) is 0 Å². The first-order chi connectivity index (χ1) is 15.2. The van der Waals surface area contributed by atoms with E-state index in [0.29, 0.717) is 11.1 Å². The Labute approximate surface area is 187 Å². The third-order valence-corrected chi connectivity index (χ3v) is 5.88. The van der Waals surface area contributed by atoms with E-state index in [1.54, 1.807) is 38.1 Å². The average Bonchev–Trinajstić information content (AvgIpc) is 3.09. The first-order valence-electron chi connectivity index (χ1n) is 9.37. The van der Waals surface area contributed by atoms with E-state index >= 15 is 0 Å². The number of carbonyl (C=O) groups excluding carboxylic acids is 3. The van der Waals surface area contributed by atoms with Gasteiger partial charge in [-0.2, -0.15) is 0 Å². The van der Waals surface area contributed by atoms with Crippen LogP contribution < -0.4 is 10.6 Å². The minimum atomic E-state index is -0.701. The lowest BCUT2D eigenvalue weighted by atomic mass is 10.1. The highest BCUT2D eigenvalue weighted by Crippen LogP contribution is 2.35. The molecule has 0 bridgehead atoms. The number of nitrogens with zero attached hydrogens (tertiary/aromatic N) is 1. The molecule has 0 radical (unpaired) electrons. The number of carbonyl (C=O) groups is 3. The number of thiophene rings is 1. The molecule has 2 aromatic carbocycles. The second-order valence-corrected chi connectivity index (χ2v) is 7.80. The largest absolute Gasteiger partial charge is 0.465 e. The number of anilines is 2. The van der Waals surface area contributed by atoms with Gasteiger partial charge < -0.3 is 15.4 Å². The summed E-state index contributed by atoms with van der Waals surface area (Å²) >= 11 is 0.918. The zero-order chi connectivity index (χ0) is 23.4. The third-order valence-electron chi connectivity index (χ3n) is 4.67. The molecule has 32 heavy (non-hydrogen) atoms. The topological polar surface area (TPSA) is 128 Å². The number of nitro groups is 1. The van der Waals surface area contributed by atoms with E-state index in [1.807, 2.05) is 0 Å². The van der Waals surface area contributed by atoms with Crippen molar-refractivity contribution in [2.75, 3.05) is 17.7 Å². The smallest absolute Gasteiger partial charge is 0.341 e. The first-order valence-corrected chi connectivity index (χ1v) is 10.2. The zero-order valence-corrected chi connectivity index (χ0v) is 18.2. The van der Waals surface area contributed by atoms with Crippen LogP contribution in [0.15, 0.2) is 48.5 Å². The maximum Gasteiger partial charge on any atom is 0.341 e. The number of aryl methyl sites for hydroxylation is 1. The van der Waals surface area contributed by atoms with Crippen LogP contribution in [0.4, 0.5) is 16.4 Å². The van der Waals surface area contributed by atoms with E-state index < -0.39 is 22.7 Å². The summed E-state index contributed by atoms with van der Waals surface area (Å²) in [5.41, 5.74) is 1.63. The van der Waals surface area contributed by atoms with Crippen molar-refractivity contribution in [1.29, 1.82) is 0 Å². The van der Waals surface area contributed by atoms with Crippen LogP contribution in [0.5, 0.6) is 0 Å². The highest BCUT2D eigenvalue weighted by Gasteiger charge is 2.27. The summed E-state index contributed by atoms with van der Waals surface area (Å²) in [7, 11) is 1.20. The first kappa shape index (κ1) is 22.6. The summed E-state index contributed by atoms with van der Waals surface area (Å²) in [6.07, 6.45) is 0. The third kappa shape index (κ3) is 4.65. The molecule has 10 heteroatoms. The number of methoxy groups -OCH3 is 1. The number of amides is 2. The van der Waals surface area contributed by atoms with Crippen molar-refractivity contribution in [3.05, 3.63) is 85.8 Å². The normalized spacial score (nSPS) is 10.3. The number of esters is 1. The van der Waals surface area contributed by atoms with Crippen LogP contribution in [0.1, 0.15) is 41.5 Å². The van der Waals surface area contributed by atoms with E-state index in [-0.39, 0.29) is 26.8 Å². The van der Waals surface area contributed by atoms with Crippen LogP contribution >= 0.6 is 11.3 Å². The van der Waals surface area contributed by atoms with Gasteiger partial charge in [0, 0.05) is 23.4 Å². The van der Waals surface area contributed by atoms with Gasteiger partial charge in [-0.1, -0.05) is 24.3 Å². The monoisotopic (exact) mass is 453 g/mol. The molecule has 1 aromatic heterocycles. The molecule has 0 aliphatic heterocycles. The molecule has 0 aliphatic carbocycles. The summed E-state index contributed by atoms with van der Waals surface area (Å²) in [6, 6.07) is 12.5. The van der Waals surface area contributed by atoms with Gasteiger partial charge in [0.1, 0.15) is 5.00 Å². The van der Waals surface area contributed by atoms with Crippen molar-refractivity contribution in [3.8, 4) is 0 Å². The molecule has 2 amide bonds. The van der Waals surface area contributed by atoms with Gasteiger partial charge in [-0.25, -0.2) is 4.79 Å². The lowest BCUT2D eigenvalue weighted by Crippen LogP contribution is -2.15. The molecule has 2 N–H and O–H groups in total. The van der Waals surface area contributed by atoms with E-state index in [2.05, 4.69) is 10.6 Å². The minimum Gasteiger partial charge on any atom is -0.465 e. The summed E-state index contributed by atoms with van der Waals surface area (Å²) < 4.78 is 4.83. The lowest BCUT2D eigenvalue weighted by molar-refractivity contribution is -0.384. The molecule has 0 spiro atoms. The maximum absolute atomic E-state index is 12.9. The van der Waals surface area contributed by atoms with Crippen LogP contribution in [-0.4, -0.2) is 29.8 Å². The van der Waals surface area contributed by atoms with Crippen LogP contribution in [0.25, 0.3) is 0 Å². The highest BCUT2D eigenvalue weighted by atomic mass is 32.1. The van der Waals surface area contributed by atoms with Crippen molar-refractivity contribution >= 4 is 45.5 Å². The van der Waals surface area contributed by atoms with E-state index in [1.165, 1.54) is 31.4 Å². The molecule has 0 fully saturated rings. The van der Waals surface area contributed by atoms with E-state index in [0.717, 1.165) is 16.9 Å². The quantitative estimate of drug-likeness (QED) is 0.320. The fraction of sp³-hybridized carbons (Fsp3) is 0.136. The molecule has 0 saturated carbocycles. The van der Waals surface area contributed by atoms with Crippen LogP contribution in [-0.2, 0) is 4.74 Å². The number of nitrogens with one attached hydrogen (secondary N) is 2. The second kappa shape index (κ2) is 9.40. The van der Waals surface area contributed by atoms with Gasteiger partial charge >= 0.3 is 5.97 Å². The number of hydrogen-bond acceptors (Lipinski definition) is 7. The Morgan fingerprint density at radius 1 is 1.00 bits per heavy atom. The standard InChI is InChI=1S/C22H19N3O6S/c1-12-7-4-5-10-16(12)19(26)24-21-17(22(28)31-3)13(2)18(32-21)20(27)23-14-8-6-9-15(11-14)25(29)30/h4-11H,1-3H3,(H,23,27)(H,24,26). The Morgan fingerprint density at radius 2 is 1.72 bits per heavy atom. The van der Waals surface area contributed by atoms with Gasteiger partial charge in [-0.15, -0.1) is 11.3 Å². The highest BCUT2D eigenvalue weighted by molar-refractivity contribution is 7.19. The Kier molecular flexibility index (Phi) is 6.64. The summed E-state index contributed by atoms with van der Waals surface area (Å²) in [5.74, 6) is -1.71. The van der Waals surface area contributed by atoms with Crippen molar-refractivity contribution in [2.45, 2.75) is 13.8 Å². The van der Waals surface area contributed by atoms with Gasteiger partial charge in [0.05, 0.1) is 22.5 Å². The molecule has 3 aromatic rings. The number of benzene rings is 2. The SMILES string of the molecule is COC(=O)c1c(NC(=O)c2ccccc2C)sc(C(=O)Nc2cccc([N+](=O)[O-])c2)c1C. The van der Waals surface area contributed by atoms with Gasteiger partial charge in [0.2, 0.25) is 0 Å². The summed E-state index contributed by atoms with van der Waals surface area (Å²) in [5, 5.41) is 16.4. The van der Waals surface area contributed by atoms with Crippen molar-refractivity contribution in [1.82, 2.24) is 0 Å². The molecule has 9 nitrogen and oxygen atoms in total. The number of rotatable bonds is 6. The number of nitro benzene ring substituents is 1. The molecule has 0 unspecified atom stereocenters. The molecule has 1 heterocycles. The Morgan fingerprint density at radius 3 is 2.38 bits per heavy atom. The van der Waals surface area contributed by atoms with E-state index in [9.17, 15) is 24.5 Å². The van der Waals surface area contributed by atoms with Crippen LogP contribution in [0.2, 0.25) is 0 Å². The number of non-ortho nitro benzene ring substituents is 1. The molecule has 0 atom stereocenters. The van der Waals surface area contributed by atoms with Crippen molar-refractivity contribution in [3.63, 3.8) is 0 Å². The Hall–Kier alpha value is -4.05. The van der Waals surface area contributed by atoms with Crippen LogP contribution in [0, 0.1) is 24.0 Å². The summed E-state index contributed by atoms with van der Waals surface area (Å²) in [6.45, 7) is 3.35. The van der Waals surface area contributed by atoms with Crippen molar-refractivity contribution in [2.24, 2.45) is 0 Å². The Balaban J connectivity index is 1.94.